The summed E-state index contributed by atoms with van der Waals surface area (Å²) >= 11 is 0. The normalized spacial score (nSPS) is 14.7. The molecule has 0 unspecified atom stereocenters. The van der Waals surface area contributed by atoms with Crippen molar-refractivity contribution in [2.45, 2.75) is 6.92 Å². The van der Waals surface area contributed by atoms with E-state index in [1.165, 1.54) is 0 Å². The van der Waals surface area contributed by atoms with E-state index in [0.29, 0.717) is 48.9 Å². The lowest BCUT2D eigenvalue weighted by atomic mass is 10.2. The number of piperazine rings is 1. The van der Waals surface area contributed by atoms with Gasteiger partial charge in [0.05, 0.1) is 18.0 Å². The zero-order valence-corrected chi connectivity index (χ0v) is 13.7. The van der Waals surface area contributed by atoms with Gasteiger partial charge in [0.2, 0.25) is 0 Å². The number of rotatable bonds is 2. The molecule has 126 valence electrons. The minimum atomic E-state index is -0.0888. The van der Waals surface area contributed by atoms with E-state index in [1.807, 2.05) is 13.0 Å². The number of carbonyl (C=O) groups excluding carboxylic acids is 1. The smallest absolute Gasteiger partial charge is 0.270 e. The summed E-state index contributed by atoms with van der Waals surface area (Å²) in [6.45, 7) is 4.38. The van der Waals surface area contributed by atoms with Gasteiger partial charge < -0.3 is 14.8 Å². The summed E-state index contributed by atoms with van der Waals surface area (Å²) in [5, 5.41) is 13.3. The first-order valence-corrected chi connectivity index (χ1v) is 7.96. The Hall–Kier alpha value is -3.41. The van der Waals surface area contributed by atoms with E-state index in [4.69, 9.17) is 5.26 Å². The van der Waals surface area contributed by atoms with Gasteiger partial charge in [-0.1, -0.05) is 0 Å². The van der Waals surface area contributed by atoms with Crippen LogP contribution in [0, 0.1) is 18.3 Å². The first-order valence-electron chi connectivity index (χ1n) is 7.96. The molecule has 1 amide bonds. The van der Waals surface area contributed by atoms with Crippen LogP contribution in [0.5, 0.6) is 0 Å². The number of hydrogen-bond donors (Lipinski definition) is 1. The fourth-order valence-corrected chi connectivity index (χ4v) is 3.02. The van der Waals surface area contributed by atoms with Crippen molar-refractivity contribution < 1.29 is 4.79 Å². The number of aromatic nitrogens is 5. The van der Waals surface area contributed by atoms with E-state index in [9.17, 15) is 4.79 Å². The second-order valence-corrected chi connectivity index (χ2v) is 5.89. The highest BCUT2D eigenvalue weighted by Crippen LogP contribution is 2.17. The number of H-pyrrole nitrogens is 1. The molecule has 9 nitrogen and oxygen atoms in total. The van der Waals surface area contributed by atoms with Crippen LogP contribution in [0.25, 0.3) is 5.65 Å². The van der Waals surface area contributed by atoms with Crippen LogP contribution >= 0.6 is 0 Å². The summed E-state index contributed by atoms with van der Waals surface area (Å²) in [6.07, 6.45) is 4.99. The standard InChI is InChI=1S/C16H16N8O/c1-11-20-14-9-18-10-15(24(14)21-11)22-2-4-23(5-3-22)16(25)13-6-12(7-17)8-19-13/h6,8-10,19H,2-5H2,1H3. The fourth-order valence-electron chi connectivity index (χ4n) is 3.02. The second kappa shape index (κ2) is 5.90. The van der Waals surface area contributed by atoms with E-state index in [2.05, 4.69) is 25.0 Å². The molecule has 0 radical (unpaired) electrons. The molecule has 9 heteroatoms. The number of anilines is 1. The largest absolute Gasteiger partial charge is 0.356 e. The van der Waals surface area contributed by atoms with E-state index >= 15 is 0 Å². The second-order valence-electron chi connectivity index (χ2n) is 5.89. The number of nitrogens with zero attached hydrogens (tertiary/aromatic N) is 7. The van der Waals surface area contributed by atoms with Crippen molar-refractivity contribution in [1.82, 2.24) is 29.5 Å². The van der Waals surface area contributed by atoms with Crippen molar-refractivity contribution in [1.29, 1.82) is 5.26 Å². The summed E-state index contributed by atoms with van der Waals surface area (Å²) in [7, 11) is 0. The maximum Gasteiger partial charge on any atom is 0.270 e. The fraction of sp³-hybridized carbons (Fsp3) is 0.312. The first kappa shape index (κ1) is 15.1. The van der Waals surface area contributed by atoms with Crippen molar-refractivity contribution in [3.8, 4) is 6.07 Å². The van der Waals surface area contributed by atoms with Crippen molar-refractivity contribution in [2.75, 3.05) is 31.1 Å². The molecular formula is C16H16N8O. The van der Waals surface area contributed by atoms with Gasteiger partial charge in [0.1, 0.15) is 17.6 Å². The average molecular weight is 336 g/mol. The molecular weight excluding hydrogens is 320 g/mol. The molecule has 3 aromatic heterocycles. The van der Waals surface area contributed by atoms with Crippen LogP contribution in [0.1, 0.15) is 21.9 Å². The molecule has 0 spiro atoms. The summed E-state index contributed by atoms with van der Waals surface area (Å²) in [5.74, 6) is 1.48. The lowest BCUT2D eigenvalue weighted by molar-refractivity contribution is 0.0741. The Morgan fingerprint density at radius 3 is 2.80 bits per heavy atom. The molecule has 4 heterocycles. The number of carbonyl (C=O) groups is 1. The van der Waals surface area contributed by atoms with E-state index in [-0.39, 0.29) is 5.91 Å². The van der Waals surface area contributed by atoms with Gasteiger partial charge in [-0.25, -0.2) is 4.98 Å². The van der Waals surface area contributed by atoms with Crippen LogP contribution in [0.15, 0.2) is 24.7 Å². The summed E-state index contributed by atoms with van der Waals surface area (Å²) in [6, 6.07) is 3.60. The number of nitriles is 1. The van der Waals surface area contributed by atoms with Crippen molar-refractivity contribution in [3.05, 3.63) is 41.7 Å². The van der Waals surface area contributed by atoms with Crippen molar-refractivity contribution >= 4 is 17.4 Å². The number of fused-ring (bicyclic) bond motifs is 1. The Bertz CT molecular complexity index is 974. The molecule has 0 aromatic carbocycles. The lowest BCUT2D eigenvalue weighted by Crippen LogP contribution is -2.49. The molecule has 25 heavy (non-hydrogen) atoms. The van der Waals surface area contributed by atoms with Gasteiger partial charge in [0, 0.05) is 32.4 Å². The van der Waals surface area contributed by atoms with Gasteiger partial charge in [-0.3, -0.25) is 9.78 Å². The number of aryl methyl sites for hydroxylation is 1. The van der Waals surface area contributed by atoms with Crippen LogP contribution in [-0.2, 0) is 0 Å². The number of nitrogens with one attached hydrogen (secondary N) is 1. The maximum absolute atomic E-state index is 12.5. The Balaban J connectivity index is 1.49. The number of hydrogen-bond acceptors (Lipinski definition) is 6. The SMILES string of the molecule is Cc1nc2cncc(N3CCN(C(=O)c4cc(C#N)c[nH]4)CC3)n2n1. The molecule has 1 aliphatic rings. The summed E-state index contributed by atoms with van der Waals surface area (Å²) in [4.78, 5) is 27.9. The Kier molecular flexibility index (Phi) is 3.57. The Morgan fingerprint density at radius 2 is 2.08 bits per heavy atom. The minimum absolute atomic E-state index is 0.0888. The van der Waals surface area contributed by atoms with Crippen LogP contribution in [0.3, 0.4) is 0 Å². The van der Waals surface area contributed by atoms with Crippen LogP contribution in [-0.4, -0.2) is 61.6 Å². The molecule has 0 atom stereocenters. The quantitative estimate of drug-likeness (QED) is 0.734. The molecule has 0 saturated carbocycles. The summed E-state index contributed by atoms with van der Waals surface area (Å²) in [5.41, 5.74) is 1.62. The van der Waals surface area contributed by atoms with Gasteiger partial charge in [0.25, 0.3) is 5.91 Å². The Labute approximate surface area is 143 Å². The molecule has 0 aliphatic carbocycles. The van der Waals surface area contributed by atoms with Gasteiger partial charge in [-0.05, 0) is 13.0 Å². The predicted molar refractivity (Wildman–Crippen MR) is 89.1 cm³/mol. The lowest BCUT2D eigenvalue weighted by Gasteiger charge is -2.35. The van der Waals surface area contributed by atoms with E-state index < -0.39 is 0 Å². The zero-order chi connectivity index (χ0) is 17.4. The van der Waals surface area contributed by atoms with Crippen molar-refractivity contribution in [2.24, 2.45) is 0 Å². The average Bonchev–Trinajstić information content (AvgIpc) is 3.26. The number of amides is 1. The van der Waals surface area contributed by atoms with Gasteiger partial charge >= 0.3 is 0 Å². The van der Waals surface area contributed by atoms with Crippen LogP contribution in [0.4, 0.5) is 5.82 Å². The maximum atomic E-state index is 12.5. The van der Waals surface area contributed by atoms with Crippen molar-refractivity contribution in [3.63, 3.8) is 0 Å². The summed E-state index contributed by atoms with van der Waals surface area (Å²) < 4.78 is 1.78. The topological polar surface area (TPSA) is 106 Å². The molecule has 1 saturated heterocycles. The Morgan fingerprint density at radius 1 is 1.28 bits per heavy atom. The minimum Gasteiger partial charge on any atom is -0.356 e. The molecule has 1 aliphatic heterocycles. The van der Waals surface area contributed by atoms with Gasteiger partial charge in [-0.2, -0.15) is 9.78 Å². The zero-order valence-electron chi connectivity index (χ0n) is 13.7. The molecule has 1 N–H and O–H groups in total. The van der Waals surface area contributed by atoms with E-state index in [0.717, 1.165) is 5.82 Å². The van der Waals surface area contributed by atoms with Crippen LogP contribution in [0.2, 0.25) is 0 Å². The molecule has 3 aromatic rings. The monoisotopic (exact) mass is 336 g/mol. The van der Waals surface area contributed by atoms with E-state index in [1.54, 1.807) is 34.1 Å². The third-order valence-electron chi connectivity index (χ3n) is 4.27. The van der Waals surface area contributed by atoms with Gasteiger partial charge in [-0.15, -0.1) is 5.10 Å². The third-order valence-corrected chi connectivity index (χ3v) is 4.27. The molecule has 0 bridgehead atoms. The molecule has 4 rings (SSSR count). The first-order chi connectivity index (χ1) is 12.2. The predicted octanol–water partition coefficient (Wildman–Crippen LogP) is 0.595. The van der Waals surface area contributed by atoms with Crippen LogP contribution < -0.4 is 4.90 Å². The third kappa shape index (κ3) is 2.67. The highest BCUT2D eigenvalue weighted by atomic mass is 16.2. The van der Waals surface area contributed by atoms with Gasteiger partial charge in [0.15, 0.2) is 11.5 Å². The number of aromatic amines is 1. The highest BCUT2D eigenvalue weighted by molar-refractivity contribution is 5.93. The molecule has 1 fully saturated rings. The highest BCUT2D eigenvalue weighted by Gasteiger charge is 2.24.